The van der Waals surface area contributed by atoms with Crippen LogP contribution in [0.2, 0.25) is 0 Å². The highest BCUT2D eigenvalue weighted by Crippen LogP contribution is 2.19. The van der Waals surface area contributed by atoms with Crippen molar-refractivity contribution in [3.05, 3.63) is 12.2 Å². The van der Waals surface area contributed by atoms with Gasteiger partial charge in [-0.2, -0.15) is 0 Å². The molecule has 0 aromatic carbocycles. The van der Waals surface area contributed by atoms with Crippen LogP contribution in [0, 0.1) is 11.8 Å². The fraction of sp³-hybridized carbons (Fsp3) is 0.727. The second kappa shape index (κ2) is 12.0. The van der Waals surface area contributed by atoms with Crippen molar-refractivity contribution >= 4 is 23.7 Å². The molecule has 1 aliphatic heterocycles. The number of carbonyl (C=O) groups is 4. The summed E-state index contributed by atoms with van der Waals surface area (Å²) in [6.45, 7) is 10.5. The molecule has 1 aliphatic rings. The monoisotopic (exact) mass is 454 g/mol. The van der Waals surface area contributed by atoms with Gasteiger partial charge in [-0.25, -0.2) is 5.43 Å². The van der Waals surface area contributed by atoms with E-state index in [1.54, 1.807) is 32.9 Å². The molecule has 0 aromatic rings. The van der Waals surface area contributed by atoms with Gasteiger partial charge >= 0.3 is 5.97 Å². The Balaban J connectivity index is 2.82. The Bertz CT molecular complexity index is 725. The number of aliphatic carboxylic acids is 1. The molecule has 32 heavy (non-hydrogen) atoms. The summed E-state index contributed by atoms with van der Waals surface area (Å²) in [6, 6.07) is -1.75. The third kappa shape index (κ3) is 7.03. The molecule has 4 N–H and O–H groups in total. The molecule has 182 valence electrons. The number of rotatable bonds is 10. The smallest absolute Gasteiger partial charge is 0.325 e. The van der Waals surface area contributed by atoms with E-state index in [0.717, 1.165) is 0 Å². The number of methoxy groups -OCH3 is 1. The minimum Gasteiger partial charge on any atom is -0.480 e. The third-order valence-corrected chi connectivity index (χ3v) is 5.72. The van der Waals surface area contributed by atoms with E-state index in [1.807, 2.05) is 6.92 Å². The lowest BCUT2D eigenvalue weighted by Crippen LogP contribution is -2.65. The molecule has 1 rings (SSSR count). The number of hydrogen-bond donors (Lipinski definition) is 4. The van der Waals surface area contributed by atoms with Gasteiger partial charge in [0.2, 0.25) is 11.8 Å². The van der Waals surface area contributed by atoms with Gasteiger partial charge in [-0.05, 0) is 39.5 Å². The molecule has 10 nitrogen and oxygen atoms in total. The number of carbonyl (C=O) groups excluding carboxylic acids is 3. The number of amides is 3. The predicted molar refractivity (Wildman–Crippen MR) is 119 cm³/mol. The lowest BCUT2D eigenvalue weighted by atomic mass is 9.94. The first kappa shape index (κ1) is 27.6. The standard InChI is InChI=1S/C22H38N4O6/c1-8-10-16(32-7)14(4)18(27)24-17(13(2)3)19(28)23-15(5)20(29)26-12-9-11-22(6,25-26)21(30)31/h8,10,13-17,25H,9,11-12H2,1-7H3,(H,23,28)(H,24,27)(H,30,31)/b10-8+. The highest BCUT2D eigenvalue weighted by molar-refractivity contribution is 5.92. The summed E-state index contributed by atoms with van der Waals surface area (Å²) in [6.07, 6.45) is 4.05. The van der Waals surface area contributed by atoms with Crippen LogP contribution in [0.3, 0.4) is 0 Å². The van der Waals surface area contributed by atoms with E-state index in [0.29, 0.717) is 19.4 Å². The van der Waals surface area contributed by atoms with Gasteiger partial charge in [0.15, 0.2) is 0 Å². The van der Waals surface area contributed by atoms with Crippen molar-refractivity contribution in [2.75, 3.05) is 13.7 Å². The molecule has 5 unspecified atom stereocenters. The minimum atomic E-state index is -1.24. The summed E-state index contributed by atoms with van der Waals surface area (Å²) in [5.74, 6) is -3.05. The van der Waals surface area contributed by atoms with E-state index in [4.69, 9.17) is 4.74 Å². The first-order valence-electron chi connectivity index (χ1n) is 11.0. The van der Waals surface area contributed by atoms with Crippen molar-refractivity contribution in [2.24, 2.45) is 11.8 Å². The molecular weight excluding hydrogens is 416 g/mol. The molecular formula is C22H38N4O6. The quantitative estimate of drug-likeness (QED) is 0.359. The van der Waals surface area contributed by atoms with Gasteiger partial charge in [0.05, 0.1) is 12.0 Å². The van der Waals surface area contributed by atoms with Gasteiger partial charge in [0.25, 0.3) is 5.91 Å². The number of carboxylic acid groups (broad SMARTS) is 1. The van der Waals surface area contributed by atoms with Crippen LogP contribution in [0.15, 0.2) is 12.2 Å². The number of hydrazine groups is 1. The summed E-state index contributed by atoms with van der Waals surface area (Å²) in [7, 11) is 1.51. The van der Waals surface area contributed by atoms with E-state index in [-0.39, 0.29) is 11.8 Å². The van der Waals surface area contributed by atoms with Crippen molar-refractivity contribution in [3.8, 4) is 0 Å². The summed E-state index contributed by atoms with van der Waals surface area (Å²) < 4.78 is 5.33. The van der Waals surface area contributed by atoms with Gasteiger partial charge < -0.3 is 20.5 Å². The first-order chi connectivity index (χ1) is 14.9. The van der Waals surface area contributed by atoms with E-state index in [9.17, 15) is 24.3 Å². The molecule has 0 aliphatic carbocycles. The third-order valence-electron chi connectivity index (χ3n) is 5.72. The fourth-order valence-electron chi connectivity index (χ4n) is 3.53. The highest BCUT2D eigenvalue weighted by Gasteiger charge is 2.40. The molecule has 0 bridgehead atoms. The van der Waals surface area contributed by atoms with Crippen molar-refractivity contribution in [3.63, 3.8) is 0 Å². The van der Waals surface area contributed by atoms with Crippen LogP contribution in [0.25, 0.3) is 0 Å². The molecule has 0 spiro atoms. The van der Waals surface area contributed by atoms with Crippen molar-refractivity contribution in [1.82, 2.24) is 21.1 Å². The Labute approximate surface area is 190 Å². The van der Waals surface area contributed by atoms with Crippen LogP contribution in [0.4, 0.5) is 0 Å². The maximum Gasteiger partial charge on any atom is 0.325 e. The topological polar surface area (TPSA) is 137 Å². The van der Waals surface area contributed by atoms with Crippen molar-refractivity contribution in [2.45, 2.75) is 78.1 Å². The molecule has 10 heteroatoms. The largest absolute Gasteiger partial charge is 0.480 e. The zero-order valence-corrected chi connectivity index (χ0v) is 20.1. The molecule has 0 aromatic heterocycles. The summed E-state index contributed by atoms with van der Waals surface area (Å²) >= 11 is 0. The number of nitrogens with one attached hydrogen (secondary N) is 3. The maximum absolute atomic E-state index is 12.9. The molecule has 0 radical (unpaired) electrons. The Morgan fingerprint density at radius 1 is 1.12 bits per heavy atom. The summed E-state index contributed by atoms with van der Waals surface area (Å²) in [5.41, 5.74) is 1.51. The lowest BCUT2D eigenvalue weighted by molar-refractivity contribution is -0.154. The van der Waals surface area contributed by atoms with Crippen molar-refractivity contribution < 1.29 is 29.0 Å². The maximum atomic E-state index is 12.9. The molecule has 1 fully saturated rings. The molecule has 5 atom stereocenters. The average Bonchev–Trinajstić information content (AvgIpc) is 2.73. The lowest BCUT2D eigenvalue weighted by Gasteiger charge is -2.39. The van der Waals surface area contributed by atoms with Gasteiger partial charge in [-0.1, -0.05) is 32.9 Å². The van der Waals surface area contributed by atoms with Crippen LogP contribution in [-0.2, 0) is 23.9 Å². The molecule has 0 saturated carbocycles. The minimum absolute atomic E-state index is 0.223. The summed E-state index contributed by atoms with van der Waals surface area (Å²) in [4.78, 5) is 49.9. The first-order valence-corrected chi connectivity index (χ1v) is 11.0. The van der Waals surface area contributed by atoms with Gasteiger partial charge in [-0.3, -0.25) is 24.2 Å². The number of carboxylic acids is 1. The average molecular weight is 455 g/mol. The van der Waals surface area contributed by atoms with E-state index in [1.165, 1.54) is 26.0 Å². The number of allylic oxidation sites excluding steroid dienone is 1. The number of nitrogens with zero attached hydrogens (tertiary/aromatic N) is 1. The Morgan fingerprint density at radius 3 is 2.25 bits per heavy atom. The molecule has 1 saturated heterocycles. The molecule has 3 amide bonds. The number of hydrogen-bond acceptors (Lipinski definition) is 6. The van der Waals surface area contributed by atoms with Gasteiger partial charge in [0.1, 0.15) is 17.6 Å². The second-order valence-corrected chi connectivity index (χ2v) is 8.82. The number of ether oxygens (including phenoxy) is 1. The van der Waals surface area contributed by atoms with Crippen molar-refractivity contribution in [1.29, 1.82) is 0 Å². The molecule has 1 heterocycles. The van der Waals surface area contributed by atoms with E-state index < -0.39 is 47.4 Å². The zero-order valence-electron chi connectivity index (χ0n) is 20.1. The van der Waals surface area contributed by atoms with Crippen LogP contribution < -0.4 is 16.1 Å². The normalized spacial score (nSPS) is 22.8. The predicted octanol–water partition coefficient (Wildman–Crippen LogP) is 0.829. The SMILES string of the molecule is C/C=C/C(OC)C(C)C(=O)NC(C(=O)NC(C)C(=O)N1CCCC(C)(C(=O)O)N1)C(C)C. The van der Waals surface area contributed by atoms with Crippen LogP contribution >= 0.6 is 0 Å². The van der Waals surface area contributed by atoms with Gasteiger partial charge in [0, 0.05) is 13.7 Å². The summed E-state index contributed by atoms with van der Waals surface area (Å²) in [5, 5.41) is 16.1. The zero-order chi connectivity index (χ0) is 24.6. The fourth-order valence-corrected chi connectivity index (χ4v) is 3.53. The Morgan fingerprint density at radius 2 is 1.75 bits per heavy atom. The van der Waals surface area contributed by atoms with Crippen LogP contribution in [0.1, 0.15) is 54.4 Å². The van der Waals surface area contributed by atoms with E-state index >= 15 is 0 Å². The Hall–Kier alpha value is -2.46. The highest BCUT2D eigenvalue weighted by atomic mass is 16.5. The Kier molecular flexibility index (Phi) is 10.3. The van der Waals surface area contributed by atoms with Gasteiger partial charge in [-0.15, -0.1) is 0 Å². The second-order valence-electron chi connectivity index (χ2n) is 8.82. The van der Waals surface area contributed by atoms with Crippen LogP contribution in [-0.4, -0.2) is 71.2 Å². The van der Waals surface area contributed by atoms with E-state index in [2.05, 4.69) is 16.1 Å². The van der Waals surface area contributed by atoms with Crippen LogP contribution in [0.5, 0.6) is 0 Å².